The Morgan fingerprint density at radius 1 is 0.968 bits per heavy atom. The highest BCUT2D eigenvalue weighted by atomic mass is 32.2. The van der Waals surface area contributed by atoms with E-state index in [9.17, 15) is 13.2 Å². The lowest BCUT2D eigenvalue weighted by Crippen LogP contribution is -2.53. The molecule has 0 N–H and O–H groups in total. The van der Waals surface area contributed by atoms with Crippen LogP contribution in [0.4, 0.5) is 5.69 Å². The van der Waals surface area contributed by atoms with Crippen molar-refractivity contribution in [1.82, 2.24) is 13.4 Å². The van der Waals surface area contributed by atoms with E-state index in [0.717, 1.165) is 11.2 Å². The van der Waals surface area contributed by atoms with E-state index in [4.69, 9.17) is 0 Å². The lowest BCUT2D eigenvalue weighted by Gasteiger charge is -2.40. The SMILES string of the molecule is CCn1c(=O)n(CC)c2cc(S(=O)(=O)N3CCN(c4cccc(C)c4)[C@@H](C)C3)ccc21. The van der Waals surface area contributed by atoms with Gasteiger partial charge in [-0.1, -0.05) is 12.1 Å². The van der Waals surface area contributed by atoms with Crippen LogP contribution in [0.3, 0.4) is 0 Å². The number of aromatic nitrogens is 2. The van der Waals surface area contributed by atoms with Crippen LogP contribution in [-0.2, 0) is 23.1 Å². The molecule has 0 spiro atoms. The van der Waals surface area contributed by atoms with Crippen molar-refractivity contribution in [1.29, 1.82) is 0 Å². The van der Waals surface area contributed by atoms with E-state index in [0.29, 0.717) is 38.2 Å². The Morgan fingerprint density at radius 3 is 2.32 bits per heavy atom. The summed E-state index contributed by atoms with van der Waals surface area (Å²) in [5, 5.41) is 0. The van der Waals surface area contributed by atoms with E-state index in [1.54, 1.807) is 31.6 Å². The van der Waals surface area contributed by atoms with Crippen molar-refractivity contribution < 1.29 is 8.42 Å². The first-order chi connectivity index (χ1) is 14.8. The highest BCUT2D eigenvalue weighted by Crippen LogP contribution is 2.27. The summed E-state index contributed by atoms with van der Waals surface area (Å²) in [6.45, 7) is 10.5. The third-order valence-electron chi connectivity index (χ3n) is 6.18. The maximum Gasteiger partial charge on any atom is 0.329 e. The molecule has 7 nitrogen and oxygen atoms in total. The normalized spacial score (nSPS) is 18.1. The highest BCUT2D eigenvalue weighted by molar-refractivity contribution is 7.89. The van der Waals surface area contributed by atoms with E-state index in [2.05, 4.69) is 36.9 Å². The maximum absolute atomic E-state index is 13.4. The number of piperazine rings is 1. The number of hydrogen-bond acceptors (Lipinski definition) is 4. The van der Waals surface area contributed by atoms with Crippen molar-refractivity contribution >= 4 is 26.7 Å². The van der Waals surface area contributed by atoms with Gasteiger partial charge in [0.15, 0.2) is 0 Å². The van der Waals surface area contributed by atoms with Gasteiger partial charge in [0.2, 0.25) is 10.0 Å². The summed E-state index contributed by atoms with van der Waals surface area (Å²) in [4.78, 5) is 15.1. The molecule has 0 amide bonds. The molecule has 4 rings (SSSR count). The van der Waals surface area contributed by atoms with Crippen LogP contribution in [0.2, 0.25) is 0 Å². The van der Waals surface area contributed by atoms with Crippen LogP contribution in [-0.4, -0.2) is 47.5 Å². The molecular formula is C23H30N4O3S. The molecule has 0 saturated carbocycles. The second-order valence-corrected chi connectivity index (χ2v) is 10.1. The zero-order valence-corrected chi connectivity index (χ0v) is 19.4. The number of aryl methyl sites for hydroxylation is 3. The van der Waals surface area contributed by atoms with Gasteiger partial charge in [-0.3, -0.25) is 9.13 Å². The lowest BCUT2D eigenvalue weighted by molar-refractivity contribution is 0.342. The Morgan fingerprint density at radius 2 is 1.68 bits per heavy atom. The van der Waals surface area contributed by atoms with Crippen LogP contribution in [0.25, 0.3) is 11.0 Å². The second-order valence-electron chi connectivity index (χ2n) is 8.17. The quantitative estimate of drug-likeness (QED) is 0.609. The van der Waals surface area contributed by atoms with Gasteiger partial charge in [0.05, 0.1) is 15.9 Å². The van der Waals surface area contributed by atoms with Crippen molar-refractivity contribution in [3.63, 3.8) is 0 Å². The summed E-state index contributed by atoms with van der Waals surface area (Å²) in [6.07, 6.45) is 0. The molecule has 1 saturated heterocycles. The number of benzene rings is 2. The average Bonchev–Trinajstić information content (AvgIpc) is 3.03. The average molecular weight is 443 g/mol. The number of imidazole rings is 1. The number of nitrogens with zero attached hydrogens (tertiary/aromatic N) is 4. The molecule has 1 aromatic heterocycles. The monoisotopic (exact) mass is 442 g/mol. The van der Waals surface area contributed by atoms with E-state index in [-0.39, 0.29) is 16.6 Å². The molecule has 31 heavy (non-hydrogen) atoms. The Kier molecular flexibility index (Phi) is 5.70. The van der Waals surface area contributed by atoms with Crippen molar-refractivity contribution in [3.05, 3.63) is 58.5 Å². The first-order valence-electron chi connectivity index (χ1n) is 10.8. The number of fused-ring (bicyclic) bond motifs is 1. The molecule has 2 heterocycles. The summed E-state index contributed by atoms with van der Waals surface area (Å²) < 4.78 is 31.8. The van der Waals surface area contributed by atoms with Crippen LogP contribution >= 0.6 is 0 Å². The Labute approximate surface area is 183 Å². The second kappa shape index (κ2) is 8.16. The number of anilines is 1. The molecule has 2 aromatic carbocycles. The fourth-order valence-corrected chi connectivity index (χ4v) is 6.09. The topological polar surface area (TPSA) is 67.5 Å². The van der Waals surface area contributed by atoms with Gasteiger partial charge in [-0.05, 0) is 63.6 Å². The smallest absolute Gasteiger partial charge is 0.329 e. The molecule has 1 aliphatic heterocycles. The predicted octanol–water partition coefficient (Wildman–Crippen LogP) is 3.05. The van der Waals surface area contributed by atoms with Crippen LogP contribution < -0.4 is 10.6 Å². The first kappa shape index (κ1) is 21.6. The Hall–Kier alpha value is -2.58. The molecule has 0 radical (unpaired) electrons. The van der Waals surface area contributed by atoms with Crippen LogP contribution in [0.5, 0.6) is 0 Å². The number of sulfonamides is 1. The zero-order chi connectivity index (χ0) is 22.3. The molecular weight excluding hydrogens is 412 g/mol. The minimum atomic E-state index is -3.65. The fraction of sp³-hybridized carbons (Fsp3) is 0.435. The van der Waals surface area contributed by atoms with Crippen LogP contribution in [0, 0.1) is 6.92 Å². The van der Waals surface area contributed by atoms with Gasteiger partial charge < -0.3 is 4.90 Å². The molecule has 0 aliphatic carbocycles. The summed E-state index contributed by atoms with van der Waals surface area (Å²) >= 11 is 0. The summed E-state index contributed by atoms with van der Waals surface area (Å²) in [6, 6.07) is 13.4. The van der Waals surface area contributed by atoms with E-state index < -0.39 is 10.0 Å². The molecule has 0 bridgehead atoms. The number of rotatable bonds is 5. The predicted molar refractivity (Wildman–Crippen MR) is 124 cm³/mol. The van der Waals surface area contributed by atoms with Gasteiger partial charge in [-0.2, -0.15) is 4.31 Å². The minimum Gasteiger partial charge on any atom is -0.366 e. The molecule has 3 aromatic rings. The molecule has 0 unspecified atom stereocenters. The summed E-state index contributed by atoms with van der Waals surface area (Å²) in [5.41, 5.74) is 3.65. The lowest BCUT2D eigenvalue weighted by atomic mass is 10.1. The van der Waals surface area contributed by atoms with E-state index in [1.807, 2.05) is 19.9 Å². The largest absolute Gasteiger partial charge is 0.366 e. The summed E-state index contributed by atoms with van der Waals surface area (Å²) in [5.74, 6) is 0. The molecule has 166 valence electrons. The van der Waals surface area contributed by atoms with Gasteiger partial charge in [0, 0.05) is 44.5 Å². The van der Waals surface area contributed by atoms with Crippen molar-refractivity contribution in [3.8, 4) is 0 Å². The minimum absolute atomic E-state index is 0.0593. The molecule has 1 atom stereocenters. The van der Waals surface area contributed by atoms with Gasteiger partial charge in [-0.15, -0.1) is 0 Å². The fourth-order valence-electron chi connectivity index (χ4n) is 4.55. The third kappa shape index (κ3) is 3.68. The third-order valence-corrected chi connectivity index (χ3v) is 8.05. The Balaban J connectivity index is 1.65. The summed E-state index contributed by atoms with van der Waals surface area (Å²) in [7, 11) is -3.65. The first-order valence-corrected chi connectivity index (χ1v) is 12.3. The standard InChI is InChI=1S/C23H30N4O3S/c1-5-25-21-11-10-20(15-22(21)26(6-2)23(25)28)31(29,30)24-12-13-27(18(4)16-24)19-9-7-8-17(3)14-19/h7-11,14-15,18H,5-6,12-13,16H2,1-4H3/t18-/m0/s1. The highest BCUT2D eigenvalue weighted by Gasteiger charge is 2.33. The van der Waals surface area contributed by atoms with Gasteiger partial charge in [0.25, 0.3) is 0 Å². The number of hydrogen-bond donors (Lipinski definition) is 0. The van der Waals surface area contributed by atoms with E-state index >= 15 is 0 Å². The zero-order valence-electron chi connectivity index (χ0n) is 18.6. The molecule has 1 aliphatic rings. The molecule has 8 heteroatoms. The van der Waals surface area contributed by atoms with E-state index in [1.165, 1.54) is 5.56 Å². The van der Waals surface area contributed by atoms with Gasteiger partial charge in [-0.25, -0.2) is 13.2 Å². The van der Waals surface area contributed by atoms with Crippen molar-refractivity contribution in [2.45, 2.75) is 51.7 Å². The van der Waals surface area contributed by atoms with Crippen molar-refractivity contribution in [2.75, 3.05) is 24.5 Å². The molecule has 1 fully saturated rings. The van der Waals surface area contributed by atoms with Crippen molar-refractivity contribution in [2.24, 2.45) is 0 Å². The van der Waals surface area contributed by atoms with Gasteiger partial charge in [0.1, 0.15) is 0 Å². The van der Waals surface area contributed by atoms with Crippen LogP contribution in [0.1, 0.15) is 26.3 Å². The van der Waals surface area contributed by atoms with Crippen LogP contribution in [0.15, 0.2) is 52.2 Å². The Bertz CT molecular complexity index is 1280. The maximum atomic E-state index is 13.4. The van der Waals surface area contributed by atoms with Gasteiger partial charge >= 0.3 is 5.69 Å².